The first-order valence-corrected chi connectivity index (χ1v) is 10.2. The molecule has 1 N–H and O–H groups in total. The Balaban J connectivity index is 1.27. The molecule has 0 bridgehead atoms. The highest BCUT2D eigenvalue weighted by molar-refractivity contribution is 8.05. The second kappa shape index (κ2) is 7.20. The summed E-state index contributed by atoms with van der Waals surface area (Å²) in [5.74, 6) is 3.43. The molecule has 0 radical (unpaired) electrons. The second-order valence-electron chi connectivity index (χ2n) is 5.96. The highest BCUT2D eigenvalue weighted by atomic mass is 32.2. The molecule has 2 nitrogen and oxygen atoms in total. The lowest BCUT2D eigenvalue weighted by Crippen LogP contribution is -2.33. The van der Waals surface area contributed by atoms with Gasteiger partial charge in [0.05, 0.1) is 4.90 Å². The van der Waals surface area contributed by atoms with Crippen molar-refractivity contribution in [1.82, 2.24) is 5.32 Å². The van der Waals surface area contributed by atoms with Gasteiger partial charge in [-0.05, 0) is 36.1 Å². The zero-order valence-corrected chi connectivity index (χ0v) is 14.7. The van der Waals surface area contributed by atoms with Gasteiger partial charge in [0.2, 0.25) is 0 Å². The molecular formula is C19H21NOS2. The van der Waals surface area contributed by atoms with Gasteiger partial charge in [-0.15, -0.1) is 23.5 Å². The molecule has 0 saturated carbocycles. The van der Waals surface area contributed by atoms with E-state index < -0.39 is 0 Å². The van der Waals surface area contributed by atoms with E-state index in [9.17, 15) is 0 Å². The maximum Gasteiger partial charge on any atom is 0.134 e. The Labute approximate surface area is 146 Å². The van der Waals surface area contributed by atoms with Gasteiger partial charge in [-0.2, -0.15) is 0 Å². The van der Waals surface area contributed by atoms with Crippen LogP contribution in [-0.4, -0.2) is 30.7 Å². The van der Waals surface area contributed by atoms with Crippen LogP contribution in [0.4, 0.5) is 0 Å². The molecule has 0 unspecified atom stereocenters. The van der Waals surface area contributed by atoms with E-state index in [2.05, 4.69) is 47.8 Å². The Kier molecular flexibility index (Phi) is 4.83. The first kappa shape index (κ1) is 15.4. The number of ether oxygens (including phenoxy) is 1. The van der Waals surface area contributed by atoms with Crippen LogP contribution in [0, 0.1) is 0 Å². The van der Waals surface area contributed by atoms with Gasteiger partial charge in [-0.3, -0.25) is 0 Å². The number of hydrogen-bond donors (Lipinski definition) is 1. The molecule has 4 rings (SSSR count). The molecule has 23 heavy (non-hydrogen) atoms. The number of hydrogen-bond acceptors (Lipinski definition) is 4. The summed E-state index contributed by atoms with van der Waals surface area (Å²) < 4.78 is 6.04. The average Bonchev–Trinajstić information content (AvgIpc) is 3.01. The van der Waals surface area contributed by atoms with Crippen molar-refractivity contribution in [1.29, 1.82) is 0 Å². The number of thioether (sulfide) groups is 2. The number of fused-ring (bicyclic) bond motifs is 2. The first-order valence-electron chi connectivity index (χ1n) is 8.22. The van der Waals surface area contributed by atoms with Crippen LogP contribution in [0.1, 0.15) is 11.1 Å². The van der Waals surface area contributed by atoms with Gasteiger partial charge in [-0.25, -0.2) is 0 Å². The van der Waals surface area contributed by atoms with Crippen molar-refractivity contribution in [3.63, 3.8) is 0 Å². The Bertz CT molecular complexity index is 664. The van der Waals surface area contributed by atoms with Crippen molar-refractivity contribution in [2.24, 2.45) is 0 Å². The van der Waals surface area contributed by atoms with Crippen molar-refractivity contribution in [3.8, 4) is 5.75 Å². The summed E-state index contributed by atoms with van der Waals surface area (Å²) in [4.78, 5) is 2.70. The summed E-state index contributed by atoms with van der Waals surface area (Å²) >= 11 is 3.86. The first-order chi connectivity index (χ1) is 11.4. The van der Waals surface area contributed by atoms with E-state index in [0.717, 1.165) is 31.7 Å². The van der Waals surface area contributed by atoms with Crippen LogP contribution >= 0.6 is 23.5 Å². The molecule has 4 heteroatoms. The van der Waals surface area contributed by atoms with Crippen molar-refractivity contribution in [2.75, 3.05) is 24.7 Å². The fraction of sp³-hybridized carbons (Fsp3) is 0.368. The summed E-state index contributed by atoms with van der Waals surface area (Å²) in [6, 6.07) is 15.7. The van der Waals surface area contributed by atoms with Crippen LogP contribution in [0.5, 0.6) is 5.75 Å². The Morgan fingerprint density at radius 2 is 1.74 bits per heavy atom. The molecule has 0 saturated heterocycles. The topological polar surface area (TPSA) is 21.3 Å². The molecule has 120 valence electrons. The van der Waals surface area contributed by atoms with E-state index in [1.807, 2.05) is 23.5 Å². The summed E-state index contributed by atoms with van der Waals surface area (Å²) in [6.45, 7) is 1.63. The zero-order chi connectivity index (χ0) is 15.5. The van der Waals surface area contributed by atoms with Gasteiger partial charge in [-0.1, -0.05) is 30.3 Å². The third-order valence-electron chi connectivity index (χ3n) is 4.37. The van der Waals surface area contributed by atoms with Crippen LogP contribution in [0.25, 0.3) is 0 Å². The number of nitrogens with one attached hydrogen (secondary N) is 1. The molecular weight excluding hydrogens is 322 g/mol. The lowest BCUT2D eigenvalue weighted by molar-refractivity contribution is 0.298. The van der Waals surface area contributed by atoms with E-state index in [4.69, 9.17) is 4.74 Å². The van der Waals surface area contributed by atoms with Gasteiger partial charge in [0.25, 0.3) is 0 Å². The molecule has 0 atom stereocenters. The van der Waals surface area contributed by atoms with E-state index in [1.54, 1.807) is 0 Å². The summed E-state index contributed by atoms with van der Waals surface area (Å²) in [7, 11) is 0. The van der Waals surface area contributed by atoms with Crippen molar-refractivity contribution in [3.05, 3.63) is 53.6 Å². The van der Waals surface area contributed by atoms with Crippen molar-refractivity contribution >= 4 is 23.5 Å². The van der Waals surface area contributed by atoms with Crippen LogP contribution in [-0.2, 0) is 12.8 Å². The molecule has 2 aliphatic rings. The third-order valence-corrected chi connectivity index (χ3v) is 6.94. The Hall–Kier alpha value is -1.10. The van der Waals surface area contributed by atoms with Gasteiger partial charge >= 0.3 is 0 Å². The Morgan fingerprint density at radius 1 is 0.957 bits per heavy atom. The molecule has 2 aromatic carbocycles. The minimum absolute atomic E-state index is 0.561. The van der Waals surface area contributed by atoms with Crippen molar-refractivity contribution in [2.45, 2.75) is 28.7 Å². The van der Waals surface area contributed by atoms with Crippen LogP contribution in [0.3, 0.4) is 0 Å². The standard InChI is InChI=1S/C19H21NOS2/c1-2-5-15-13-16(12-14(15)4-1)20-8-9-21-17-6-3-7-18-19(17)23-11-10-22-18/h1-7,16,20H,8-13H2. The molecule has 0 spiro atoms. The summed E-state index contributed by atoms with van der Waals surface area (Å²) in [6.07, 6.45) is 2.28. The largest absolute Gasteiger partial charge is 0.491 e. The zero-order valence-electron chi connectivity index (χ0n) is 13.1. The van der Waals surface area contributed by atoms with Gasteiger partial charge in [0.1, 0.15) is 12.4 Å². The smallest absolute Gasteiger partial charge is 0.134 e. The molecule has 2 aromatic rings. The van der Waals surface area contributed by atoms with Crippen LogP contribution < -0.4 is 10.1 Å². The molecule has 1 aliphatic heterocycles. The predicted molar refractivity (Wildman–Crippen MR) is 99.0 cm³/mol. The normalized spacial score (nSPS) is 16.9. The number of benzene rings is 2. The lowest BCUT2D eigenvalue weighted by Gasteiger charge is -2.19. The molecule has 0 aromatic heterocycles. The third kappa shape index (κ3) is 3.54. The van der Waals surface area contributed by atoms with E-state index in [0.29, 0.717) is 6.04 Å². The van der Waals surface area contributed by atoms with E-state index >= 15 is 0 Å². The summed E-state index contributed by atoms with van der Waals surface area (Å²) in [5.41, 5.74) is 2.99. The van der Waals surface area contributed by atoms with Gasteiger partial charge < -0.3 is 10.1 Å². The minimum Gasteiger partial charge on any atom is -0.491 e. The van der Waals surface area contributed by atoms with Crippen LogP contribution in [0.15, 0.2) is 52.3 Å². The predicted octanol–water partition coefficient (Wildman–Crippen LogP) is 4.02. The molecule has 0 fully saturated rings. The summed E-state index contributed by atoms with van der Waals surface area (Å²) in [5, 5.41) is 3.64. The lowest BCUT2D eigenvalue weighted by atomic mass is 10.1. The van der Waals surface area contributed by atoms with Crippen LogP contribution in [0.2, 0.25) is 0 Å². The quantitative estimate of drug-likeness (QED) is 0.828. The maximum absolute atomic E-state index is 6.04. The molecule has 1 aliphatic carbocycles. The van der Waals surface area contributed by atoms with E-state index in [1.165, 1.54) is 32.4 Å². The molecule has 1 heterocycles. The Morgan fingerprint density at radius 3 is 2.57 bits per heavy atom. The average molecular weight is 344 g/mol. The second-order valence-corrected chi connectivity index (χ2v) is 8.20. The maximum atomic E-state index is 6.04. The van der Waals surface area contributed by atoms with Gasteiger partial charge in [0, 0.05) is 29.0 Å². The SMILES string of the molecule is c1ccc2c(c1)CC(NCCOc1cccc3c1SCCS3)C2. The fourth-order valence-electron chi connectivity index (χ4n) is 3.29. The van der Waals surface area contributed by atoms with E-state index in [-0.39, 0.29) is 0 Å². The highest BCUT2D eigenvalue weighted by Gasteiger charge is 2.20. The molecule has 0 amide bonds. The fourth-order valence-corrected chi connectivity index (χ4v) is 5.62. The number of rotatable bonds is 5. The minimum atomic E-state index is 0.561. The monoisotopic (exact) mass is 343 g/mol. The van der Waals surface area contributed by atoms with Gasteiger partial charge in [0.15, 0.2) is 0 Å². The van der Waals surface area contributed by atoms with Crippen molar-refractivity contribution < 1.29 is 4.74 Å². The highest BCUT2D eigenvalue weighted by Crippen LogP contribution is 2.42.